The molecule has 144 valence electrons. The zero-order valence-corrected chi connectivity index (χ0v) is 15.9. The van der Waals surface area contributed by atoms with Crippen LogP contribution >= 0.6 is 0 Å². The molecule has 0 aliphatic carbocycles. The fraction of sp³-hybridized carbons (Fsp3) is 0.550. The lowest BCUT2D eigenvalue weighted by Gasteiger charge is -2.23. The van der Waals surface area contributed by atoms with Crippen LogP contribution in [0.5, 0.6) is 0 Å². The smallest absolute Gasteiger partial charge is 0.408 e. The van der Waals surface area contributed by atoms with Gasteiger partial charge in [-0.05, 0) is 23.8 Å². The number of hydrogen-bond donors (Lipinski definition) is 2. The molecule has 0 spiro atoms. The second-order valence-electron chi connectivity index (χ2n) is 7.26. The summed E-state index contributed by atoms with van der Waals surface area (Å²) in [5.74, 6) is -2.01. The predicted molar refractivity (Wildman–Crippen MR) is 98.6 cm³/mol. The Kier molecular flexibility index (Phi) is 8.82. The molecule has 0 heterocycles. The summed E-state index contributed by atoms with van der Waals surface area (Å²) in [6, 6.07) is 8.46. The number of amides is 1. The average molecular weight is 363 g/mol. The zero-order chi connectivity index (χ0) is 19.7. The minimum Gasteiger partial charge on any atom is -0.481 e. The van der Waals surface area contributed by atoms with E-state index in [2.05, 4.69) is 5.32 Å². The SMILES string of the molecule is CC(C)C[C@H](CC(=O)[C@@H](NC(=O)OCc1ccccc1)C(C)C)C(=O)O. The van der Waals surface area contributed by atoms with Gasteiger partial charge in [0.15, 0.2) is 5.78 Å². The maximum atomic E-state index is 12.6. The van der Waals surface area contributed by atoms with E-state index in [1.807, 2.05) is 44.2 Å². The molecule has 1 aromatic rings. The number of Topliss-reactive ketones (excluding diaryl/α,β-unsaturated/α-hetero) is 1. The van der Waals surface area contributed by atoms with Crippen LogP contribution in [0.25, 0.3) is 0 Å². The van der Waals surface area contributed by atoms with Gasteiger partial charge in [0.05, 0.1) is 12.0 Å². The van der Waals surface area contributed by atoms with Crippen LogP contribution in [0.4, 0.5) is 4.79 Å². The quantitative estimate of drug-likeness (QED) is 0.662. The van der Waals surface area contributed by atoms with Gasteiger partial charge in [-0.1, -0.05) is 58.0 Å². The number of carbonyl (C=O) groups excluding carboxylic acids is 2. The number of hydrogen-bond acceptors (Lipinski definition) is 4. The van der Waals surface area contributed by atoms with E-state index in [-0.39, 0.29) is 30.6 Å². The second-order valence-corrected chi connectivity index (χ2v) is 7.26. The Labute approximate surface area is 154 Å². The van der Waals surface area contributed by atoms with E-state index in [9.17, 15) is 19.5 Å². The van der Waals surface area contributed by atoms with E-state index >= 15 is 0 Å². The number of ether oxygens (including phenoxy) is 1. The Morgan fingerprint density at radius 3 is 2.19 bits per heavy atom. The van der Waals surface area contributed by atoms with Crippen molar-refractivity contribution in [1.82, 2.24) is 5.32 Å². The van der Waals surface area contributed by atoms with Gasteiger partial charge >= 0.3 is 12.1 Å². The molecule has 1 amide bonds. The van der Waals surface area contributed by atoms with Crippen molar-refractivity contribution < 1.29 is 24.2 Å². The fourth-order valence-corrected chi connectivity index (χ4v) is 2.72. The third-order valence-corrected chi connectivity index (χ3v) is 4.05. The van der Waals surface area contributed by atoms with Crippen molar-refractivity contribution in [3.8, 4) is 0 Å². The molecule has 1 rings (SSSR count). The summed E-state index contributed by atoms with van der Waals surface area (Å²) >= 11 is 0. The maximum absolute atomic E-state index is 12.6. The summed E-state index contributed by atoms with van der Waals surface area (Å²) in [7, 11) is 0. The third kappa shape index (κ3) is 7.68. The largest absolute Gasteiger partial charge is 0.481 e. The van der Waals surface area contributed by atoms with E-state index in [1.54, 1.807) is 13.8 Å². The summed E-state index contributed by atoms with van der Waals surface area (Å²) < 4.78 is 5.16. The standard InChI is InChI=1S/C20H29NO5/c1-13(2)10-16(19(23)24)11-17(22)18(14(3)4)21-20(25)26-12-15-8-6-5-7-9-15/h5-9,13-14,16,18H,10-12H2,1-4H3,(H,21,25)(H,23,24)/t16-,18+/m1/s1. The highest BCUT2D eigenvalue weighted by Gasteiger charge is 2.30. The molecule has 0 saturated heterocycles. The van der Waals surface area contributed by atoms with Gasteiger partial charge in [0, 0.05) is 6.42 Å². The molecule has 2 atom stereocenters. The van der Waals surface area contributed by atoms with Crippen LogP contribution in [0.1, 0.15) is 46.1 Å². The normalized spacial score (nSPS) is 13.3. The lowest BCUT2D eigenvalue weighted by atomic mass is 9.88. The van der Waals surface area contributed by atoms with Gasteiger partial charge in [0.25, 0.3) is 0 Å². The van der Waals surface area contributed by atoms with Gasteiger partial charge in [0.2, 0.25) is 0 Å². The number of alkyl carbamates (subject to hydrolysis) is 1. The Bertz CT molecular complexity index is 597. The molecule has 0 bridgehead atoms. The molecule has 0 radical (unpaired) electrons. The van der Waals surface area contributed by atoms with E-state index in [4.69, 9.17) is 4.74 Å². The Morgan fingerprint density at radius 2 is 1.69 bits per heavy atom. The van der Waals surface area contributed by atoms with Gasteiger partial charge in [0.1, 0.15) is 6.61 Å². The van der Waals surface area contributed by atoms with Crippen LogP contribution in [0.2, 0.25) is 0 Å². The average Bonchev–Trinajstić information content (AvgIpc) is 2.57. The lowest BCUT2D eigenvalue weighted by Crippen LogP contribution is -2.45. The molecule has 1 aromatic carbocycles. The Balaban J connectivity index is 2.64. The van der Waals surface area contributed by atoms with Crippen LogP contribution in [0, 0.1) is 17.8 Å². The maximum Gasteiger partial charge on any atom is 0.408 e. The molecule has 6 heteroatoms. The number of carboxylic acid groups (broad SMARTS) is 1. The Morgan fingerprint density at radius 1 is 1.08 bits per heavy atom. The van der Waals surface area contributed by atoms with Crippen LogP contribution in [-0.2, 0) is 20.9 Å². The number of rotatable bonds is 10. The first-order chi connectivity index (χ1) is 12.2. The monoisotopic (exact) mass is 363 g/mol. The molecular weight excluding hydrogens is 334 g/mol. The number of carbonyl (C=O) groups is 3. The van der Waals surface area contributed by atoms with Crippen LogP contribution < -0.4 is 5.32 Å². The molecule has 26 heavy (non-hydrogen) atoms. The zero-order valence-electron chi connectivity index (χ0n) is 15.9. The molecule has 2 N–H and O–H groups in total. The molecule has 0 fully saturated rings. The van der Waals surface area contributed by atoms with Crippen molar-refractivity contribution in [2.45, 2.75) is 53.2 Å². The van der Waals surface area contributed by atoms with Crippen molar-refractivity contribution in [3.05, 3.63) is 35.9 Å². The first-order valence-corrected chi connectivity index (χ1v) is 8.93. The predicted octanol–water partition coefficient (Wildman–Crippen LogP) is 3.64. The van der Waals surface area contributed by atoms with Gasteiger partial charge < -0.3 is 15.2 Å². The molecule has 0 aliphatic rings. The van der Waals surface area contributed by atoms with Crippen molar-refractivity contribution >= 4 is 17.8 Å². The molecule has 0 unspecified atom stereocenters. The highest BCUT2D eigenvalue weighted by molar-refractivity contribution is 5.90. The summed E-state index contributed by atoms with van der Waals surface area (Å²) in [4.78, 5) is 36.0. The molecule has 0 saturated carbocycles. The van der Waals surface area contributed by atoms with Crippen molar-refractivity contribution in [2.75, 3.05) is 0 Å². The van der Waals surface area contributed by atoms with E-state index in [0.29, 0.717) is 6.42 Å². The Hall–Kier alpha value is -2.37. The lowest BCUT2D eigenvalue weighted by molar-refractivity contribution is -0.144. The molecule has 0 aliphatic heterocycles. The summed E-state index contributed by atoms with van der Waals surface area (Å²) in [5, 5.41) is 11.9. The topological polar surface area (TPSA) is 92.7 Å². The van der Waals surface area contributed by atoms with Gasteiger partial charge in [-0.25, -0.2) is 4.79 Å². The summed E-state index contributed by atoms with van der Waals surface area (Å²) in [6.07, 6.45) is -0.365. The number of carboxylic acids is 1. The molecular formula is C20H29NO5. The summed E-state index contributed by atoms with van der Waals surface area (Å²) in [5.41, 5.74) is 0.845. The van der Waals surface area contributed by atoms with E-state index in [1.165, 1.54) is 0 Å². The minimum absolute atomic E-state index is 0.102. The number of ketones is 1. The van der Waals surface area contributed by atoms with Gasteiger partial charge in [-0.2, -0.15) is 0 Å². The first-order valence-electron chi connectivity index (χ1n) is 8.93. The minimum atomic E-state index is -0.985. The highest BCUT2D eigenvalue weighted by atomic mass is 16.5. The van der Waals surface area contributed by atoms with Gasteiger partial charge in [-0.15, -0.1) is 0 Å². The van der Waals surface area contributed by atoms with Crippen molar-refractivity contribution in [1.29, 1.82) is 0 Å². The van der Waals surface area contributed by atoms with Crippen molar-refractivity contribution in [3.63, 3.8) is 0 Å². The molecule has 6 nitrogen and oxygen atoms in total. The van der Waals surface area contributed by atoms with E-state index in [0.717, 1.165) is 5.56 Å². The highest BCUT2D eigenvalue weighted by Crippen LogP contribution is 2.19. The first kappa shape index (κ1) is 21.7. The molecule has 0 aromatic heterocycles. The van der Waals surface area contributed by atoms with Crippen LogP contribution in [0.15, 0.2) is 30.3 Å². The third-order valence-electron chi connectivity index (χ3n) is 4.05. The van der Waals surface area contributed by atoms with E-state index < -0.39 is 24.0 Å². The van der Waals surface area contributed by atoms with Crippen molar-refractivity contribution in [2.24, 2.45) is 17.8 Å². The fourth-order valence-electron chi connectivity index (χ4n) is 2.72. The number of benzene rings is 1. The number of aliphatic carboxylic acids is 1. The van der Waals surface area contributed by atoms with Crippen LogP contribution in [-0.4, -0.2) is 29.0 Å². The van der Waals surface area contributed by atoms with Crippen LogP contribution in [0.3, 0.4) is 0 Å². The number of nitrogens with one attached hydrogen (secondary N) is 1. The summed E-state index contributed by atoms with van der Waals surface area (Å²) in [6.45, 7) is 7.55. The second kappa shape index (κ2) is 10.6. The van der Waals surface area contributed by atoms with Gasteiger partial charge in [-0.3, -0.25) is 9.59 Å².